The molecule has 0 bridgehead atoms. The summed E-state index contributed by atoms with van der Waals surface area (Å²) in [4.78, 5) is 0. The fourth-order valence-electron chi connectivity index (χ4n) is 8.79. The fraction of sp³-hybridized carbons (Fsp3) is 0.0182. The van der Waals surface area contributed by atoms with Gasteiger partial charge in [0.05, 0.1) is 22.1 Å². The maximum absolute atomic E-state index is 2.38. The number of rotatable bonds is 7. The van der Waals surface area contributed by atoms with Gasteiger partial charge in [-0.1, -0.05) is 164 Å². The Morgan fingerprint density at radius 2 is 0.561 bits per heavy atom. The van der Waals surface area contributed by atoms with Crippen molar-refractivity contribution in [3.8, 4) is 44.8 Å². The first-order valence-corrected chi connectivity index (χ1v) is 19.7. The molecule has 0 atom stereocenters. The normalized spacial score (nSPS) is 11.6. The summed E-state index contributed by atoms with van der Waals surface area (Å²) in [6, 6.07) is 79.6. The lowest BCUT2D eigenvalue weighted by Gasteiger charge is -2.12. The molecule has 2 heterocycles. The standard InChI is InChI=1S/C55H38N2/c1-5-22-52-48(18-1)49-19-2-6-23-53(49)56(52)46-16-10-14-44(36-46)41-32-28-39(29-33-41)34-38-26-30-40(31-27-38)42-12-9-13-43(35-42)45-15-11-17-47(37-45)57-54-24-7-3-20-50(54)51-21-4-8-25-55(51)57/h1-33,35-37H,34H2. The molecule has 268 valence electrons. The highest BCUT2D eigenvalue weighted by Gasteiger charge is 2.14. The van der Waals surface area contributed by atoms with Gasteiger partial charge >= 0.3 is 0 Å². The zero-order valence-electron chi connectivity index (χ0n) is 31.4. The zero-order valence-corrected chi connectivity index (χ0v) is 31.4. The zero-order chi connectivity index (χ0) is 37.7. The van der Waals surface area contributed by atoms with Crippen molar-refractivity contribution in [2.24, 2.45) is 0 Å². The minimum atomic E-state index is 0.886. The Bertz CT molecular complexity index is 3140. The minimum Gasteiger partial charge on any atom is -0.309 e. The number of fused-ring (bicyclic) bond motifs is 6. The van der Waals surface area contributed by atoms with Gasteiger partial charge in [-0.05, 0) is 106 Å². The molecule has 0 aliphatic rings. The monoisotopic (exact) mass is 726 g/mol. The molecule has 0 radical (unpaired) electrons. The summed E-state index contributed by atoms with van der Waals surface area (Å²) in [7, 11) is 0. The van der Waals surface area contributed by atoms with Crippen molar-refractivity contribution >= 4 is 43.6 Å². The van der Waals surface area contributed by atoms with Crippen LogP contribution in [0.5, 0.6) is 0 Å². The van der Waals surface area contributed by atoms with Crippen molar-refractivity contribution in [3.63, 3.8) is 0 Å². The van der Waals surface area contributed by atoms with E-state index in [-0.39, 0.29) is 0 Å². The summed E-state index contributed by atoms with van der Waals surface area (Å²) < 4.78 is 4.77. The molecule has 9 aromatic carbocycles. The molecule has 0 amide bonds. The molecule has 2 nitrogen and oxygen atoms in total. The Labute approximate surface area is 332 Å². The van der Waals surface area contributed by atoms with E-state index in [1.807, 2.05) is 0 Å². The maximum atomic E-state index is 2.38. The van der Waals surface area contributed by atoms with Gasteiger partial charge in [-0.15, -0.1) is 0 Å². The topological polar surface area (TPSA) is 9.86 Å². The first kappa shape index (κ1) is 33.0. The average Bonchev–Trinajstić information content (AvgIpc) is 3.80. The van der Waals surface area contributed by atoms with E-state index >= 15 is 0 Å². The molecule has 2 heteroatoms. The van der Waals surface area contributed by atoms with Gasteiger partial charge in [0.15, 0.2) is 0 Å². The van der Waals surface area contributed by atoms with Gasteiger partial charge in [0.1, 0.15) is 0 Å². The second-order valence-electron chi connectivity index (χ2n) is 15.0. The van der Waals surface area contributed by atoms with Crippen LogP contribution in [-0.4, -0.2) is 9.13 Å². The predicted octanol–water partition coefficient (Wildman–Crippen LogP) is 14.5. The highest BCUT2D eigenvalue weighted by atomic mass is 15.0. The van der Waals surface area contributed by atoms with Gasteiger partial charge in [-0.2, -0.15) is 0 Å². The van der Waals surface area contributed by atoms with Crippen LogP contribution in [0.15, 0.2) is 218 Å². The van der Waals surface area contributed by atoms with Crippen molar-refractivity contribution < 1.29 is 0 Å². The van der Waals surface area contributed by atoms with Crippen molar-refractivity contribution in [2.45, 2.75) is 6.42 Å². The molecular formula is C55H38N2. The number of para-hydroxylation sites is 4. The molecular weight excluding hydrogens is 689 g/mol. The molecule has 0 saturated carbocycles. The number of benzene rings is 9. The van der Waals surface area contributed by atoms with Gasteiger partial charge in [0.2, 0.25) is 0 Å². The van der Waals surface area contributed by atoms with Gasteiger partial charge in [0, 0.05) is 32.9 Å². The SMILES string of the molecule is c1cc(-c2ccc(Cc3ccc(-c4cccc(-n5c6ccccc6c6ccccc65)c4)cc3)cc2)cc(-c2cccc(-n3c4ccccc4c4ccccc43)c2)c1. The summed E-state index contributed by atoms with van der Waals surface area (Å²) in [6.45, 7) is 0. The van der Waals surface area contributed by atoms with Crippen LogP contribution >= 0.6 is 0 Å². The fourth-order valence-corrected chi connectivity index (χ4v) is 8.79. The lowest BCUT2D eigenvalue weighted by Crippen LogP contribution is -1.94. The third kappa shape index (κ3) is 5.82. The van der Waals surface area contributed by atoms with Crippen LogP contribution in [0.2, 0.25) is 0 Å². The lowest BCUT2D eigenvalue weighted by atomic mass is 9.96. The first-order valence-electron chi connectivity index (χ1n) is 19.7. The lowest BCUT2D eigenvalue weighted by molar-refractivity contribution is 1.18. The van der Waals surface area contributed by atoms with Crippen molar-refractivity contribution in [3.05, 3.63) is 230 Å². The number of hydrogen-bond acceptors (Lipinski definition) is 0. The van der Waals surface area contributed by atoms with Crippen LogP contribution < -0.4 is 0 Å². The Balaban J connectivity index is 0.828. The molecule has 0 unspecified atom stereocenters. The molecule has 0 aliphatic carbocycles. The second-order valence-corrected chi connectivity index (χ2v) is 15.0. The van der Waals surface area contributed by atoms with Gasteiger partial charge in [-0.25, -0.2) is 0 Å². The van der Waals surface area contributed by atoms with E-state index in [1.165, 1.54) is 99.5 Å². The van der Waals surface area contributed by atoms with E-state index in [2.05, 4.69) is 228 Å². The number of aromatic nitrogens is 2. The van der Waals surface area contributed by atoms with Crippen molar-refractivity contribution in [1.82, 2.24) is 9.13 Å². The summed E-state index contributed by atoms with van der Waals surface area (Å²) in [5.74, 6) is 0. The predicted molar refractivity (Wildman–Crippen MR) is 241 cm³/mol. The van der Waals surface area contributed by atoms with E-state index < -0.39 is 0 Å². The smallest absolute Gasteiger partial charge is 0.0541 e. The molecule has 57 heavy (non-hydrogen) atoms. The van der Waals surface area contributed by atoms with E-state index in [4.69, 9.17) is 0 Å². The molecule has 0 spiro atoms. The molecule has 2 aromatic heterocycles. The Kier molecular flexibility index (Phi) is 7.93. The van der Waals surface area contributed by atoms with Crippen LogP contribution in [0.3, 0.4) is 0 Å². The summed E-state index contributed by atoms with van der Waals surface area (Å²) in [6.07, 6.45) is 0.886. The quantitative estimate of drug-likeness (QED) is 0.155. The molecule has 0 N–H and O–H groups in total. The maximum Gasteiger partial charge on any atom is 0.0541 e. The minimum absolute atomic E-state index is 0.886. The third-order valence-electron chi connectivity index (χ3n) is 11.5. The first-order chi connectivity index (χ1) is 28.2. The Morgan fingerprint density at radius 3 is 0.965 bits per heavy atom. The van der Waals surface area contributed by atoms with Crippen molar-refractivity contribution in [2.75, 3.05) is 0 Å². The largest absolute Gasteiger partial charge is 0.309 e. The molecule has 0 fully saturated rings. The molecule has 11 aromatic rings. The van der Waals surface area contributed by atoms with Crippen LogP contribution in [0.25, 0.3) is 88.4 Å². The second kappa shape index (κ2) is 13.7. The highest BCUT2D eigenvalue weighted by Crippen LogP contribution is 2.36. The average molecular weight is 727 g/mol. The van der Waals surface area contributed by atoms with E-state index in [0.29, 0.717) is 0 Å². The Morgan fingerprint density at radius 1 is 0.246 bits per heavy atom. The van der Waals surface area contributed by atoms with Crippen LogP contribution in [0, 0.1) is 0 Å². The van der Waals surface area contributed by atoms with E-state index in [0.717, 1.165) is 6.42 Å². The van der Waals surface area contributed by atoms with Crippen LogP contribution in [0.4, 0.5) is 0 Å². The molecule has 0 aliphatic heterocycles. The van der Waals surface area contributed by atoms with E-state index in [9.17, 15) is 0 Å². The van der Waals surface area contributed by atoms with Crippen LogP contribution in [0.1, 0.15) is 11.1 Å². The number of hydrogen-bond donors (Lipinski definition) is 0. The highest BCUT2D eigenvalue weighted by molar-refractivity contribution is 6.10. The summed E-state index contributed by atoms with van der Waals surface area (Å²) >= 11 is 0. The third-order valence-corrected chi connectivity index (χ3v) is 11.5. The summed E-state index contributed by atoms with van der Waals surface area (Å²) in [5.41, 5.74) is 17.1. The van der Waals surface area contributed by atoms with Crippen molar-refractivity contribution in [1.29, 1.82) is 0 Å². The van der Waals surface area contributed by atoms with E-state index in [1.54, 1.807) is 0 Å². The van der Waals surface area contributed by atoms with Gasteiger partial charge < -0.3 is 9.13 Å². The van der Waals surface area contributed by atoms with Crippen LogP contribution in [-0.2, 0) is 6.42 Å². The van der Waals surface area contributed by atoms with Gasteiger partial charge in [0.25, 0.3) is 0 Å². The Hall–Kier alpha value is -7.42. The molecule has 0 saturated heterocycles. The molecule has 11 rings (SSSR count). The number of nitrogens with zero attached hydrogens (tertiary/aromatic N) is 2. The van der Waals surface area contributed by atoms with Gasteiger partial charge in [-0.3, -0.25) is 0 Å². The summed E-state index contributed by atoms with van der Waals surface area (Å²) in [5, 5.41) is 5.11.